The van der Waals surface area contributed by atoms with E-state index in [0.29, 0.717) is 29.5 Å². The molecular formula is C17H19NO4. The maximum Gasteiger partial charge on any atom is 0.418 e. The van der Waals surface area contributed by atoms with E-state index in [1.807, 2.05) is 36.4 Å². The summed E-state index contributed by atoms with van der Waals surface area (Å²) in [7, 11) is 3.17. The predicted octanol–water partition coefficient (Wildman–Crippen LogP) is 4.00. The molecule has 0 aliphatic heterocycles. The fraction of sp³-hybridized carbons (Fsp3) is 0.235. The Morgan fingerprint density at radius 3 is 1.86 bits per heavy atom. The van der Waals surface area contributed by atoms with Gasteiger partial charge in [-0.1, -0.05) is 12.1 Å². The van der Waals surface area contributed by atoms with E-state index in [0.717, 1.165) is 0 Å². The molecule has 0 saturated carbocycles. The summed E-state index contributed by atoms with van der Waals surface area (Å²) >= 11 is 0. The van der Waals surface area contributed by atoms with E-state index >= 15 is 0 Å². The highest BCUT2D eigenvalue weighted by molar-refractivity contribution is 5.96. The summed E-state index contributed by atoms with van der Waals surface area (Å²) in [4.78, 5) is 13.8. The number of anilines is 2. The lowest BCUT2D eigenvalue weighted by molar-refractivity contribution is 0.162. The van der Waals surface area contributed by atoms with Crippen LogP contribution in [-0.2, 0) is 4.74 Å². The first-order valence-corrected chi connectivity index (χ1v) is 6.94. The molecule has 2 aromatic carbocycles. The van der Waals surface area contributed by atoms with Crippen molar-refractivity contribution in [1.29, 1.82) is 0 Å². The van der Waals surface area contributed by atoms with E-state index in [2.05, 4.69) is 0 Å². The molecule has 0 unspecified atom stereocenters. The normalized spacial score (nSPS) is 9.95. The van der Waals surface area contributed by atoms with Crippen LogP contribution in [-0.4, -0.2) is 26.9 Å². The van der Waals surface area contributed by atoms with Crippen LogP contribution in [0, 0.1) is 0 Å². The molecule has 5 nitrogen and oxygen atoms in total. The van der Waals surface area contributed by atoms with Crippen molar-refractivity contribution in [3.05, 3.63) is 48.5 Å². The first kappa shape index (κ1) is 15.7. The molecule has 22 heavy (non-hydrogen) atoms. The number of methoxy groups -OCH3 is 2. The molecule has 2 rings (SSSR count). The van der Waals surface area contributed by atoms with Crippen LogP contribution in [0.2, 0.25) is 0 Å². The molecule has 1 amide bonds. The van der Waals surface area contributed by atoms with Gasteiger partial charge in [0.2, 0.25) is 0 Å². The number of amides is 1. The van der Waals surface area contributed by atoms with Gasteiger partial charge < -0.3 is 14.2 Å². The highest BCUT2D eigenvalue weighted by Crippen LogP contribution is 2.31. The van der Waals surface area contributed by atoms with E-state index in [9.17, 15) is 4.79 Å². The molecule has 2 aromatic rings. The summed E-state index contributed by atoms with van der Waals surface area (Å²) in [6, 6.07) is 14.5. The smallest absolute Gasteiger partial charge is 0.418 e. The third kappa shape index (κ3) is 3.49. The zero-order chi connectivity index (χ0) is 15.9. The Morgan fingerprint density at radius 1 is 0.955 bits per heavy atom. The van der Waals surface area contributed by atoms with Gasteiger partial charge in [-0.05, 0) is 31.2 Å². The lowest BCUT2D eigenvalue weighted by atomic mass is 10.2. The van der Waals surface area contributed by atoms with E-state index in [-0.39, 0.29) is 0 Å². The van der Waals surface area contributed by atoms with Crippen molar-refractivity contribution in [3.63, 3.8) is 0 Å². The van der Waals surface area contributed by atoms with Gasteiger partial charge in [0.05, 0.1) is 32.2 Å². The number of hydrogen-bond donors (Lipinski definition) is 0. The number of hydrogen-bond acceptors (Lipinski definition) is 4. The van der Waals surface area contributed by atoms with Crippen molar-refractivity contribution < 1.29 is 19.0 Å². The number of rotatable bonds is 5. The van der Waals surface area contributed by atoms with Gasteiger partial charge in [-0.15, -0.1) is 0 Å². The molecule has 0 bridgehead atoms. The highest BCUT2D eigenvalue weighted by atomic mass is 16.6. The molecule has 0 atom stereocenters. The molecule has 0 aliphatic carbocycles. The number of ether oxygens (including phenoxy) is 3. The molecule has 0 aliphatic rings. The van der Waals surface area contributed by atoms with Crippen LogP contribution in [0.5, 0.6) is 11.5 Å². The summed E-state index contributed by atoms with van der Waals surface area (Å²) in [5.41, 5.74) is 1.32. The largest absolute Gasteiger partial charge is 0.497 e. The zero-order valence-electron chi connectivity index (χ0n) is 12.9. The van der Waals surface area contributed by atoms with Crippen molar-refractivity contribution in [1.82, 2.24) is 0 Å². The van der Waals surface area contributed by atoms with Crippen molar-refractivity contribution in [2.45, 2.75) is 6.92 Å². The molecule has 0 radical (unpaired) electrons. The summed E-state index contributed by atoms with van der Waals surface area (Å²) in [5.74, 6) is 1.32. The second-order valence-electron chi connectivity index (χ2n) is 4.44. The van der Waals surface area contributed by atoms with Gasteiger partial charge in [0, 0.05) is 12.1 Å². The number of nitrogens with zero attached hydrogens (tertiary/aromatic N) is 1. The molecule has 5 heteroatoms. The van der Waals surface area contributed by atoms with E-state index in [1.54, 1.807) is 33.3 Å². The molecule has 0 saturated heterocycles. The van der Waals surface area contributed by atoms with Crippen LogP contribution in [0.15, 0.2) is 48.5 Å². The number of benzene rings is 2. The van der Waals surface area contributed by atoms with Crippen molar-refractivity contribution in [3.8, 4) is 11.5 Å². The molecular weight excluding hydrogens is 282 g/mol. The average molecular weight is 301 g/mol. The van der Waals surface area contributed by atoms with Crippen LogP contribution in [0.1, 0.15) is 6.92 Å². The van der Waals surface area contributed by atoms with Gasteiger partial charge in [-0.3, -0.25) is 0 Å². The van der Waals surface area contributed by atoms with Crippen molar-refractivity contribution in [2.24, 2.45) is 0 Å². The summed E-state index contributed by atoms with van der Waals surface area (Å²) in [6.07, 6.45) is -0.455. The lowest BCUT2D eigenvalue weighted by Crippen LogP contribution is -2.26. The molecule has 116 valence electrons. The van der Waals surface area contributed by atoms with Crippen LogP contribution < -0.4 is 14.4 Å². The standard InChI is InChI=1S/C17H19NO4/c1-4-22-17(19)18(13-7-5-9-15(11-13)20-2)14-8-6-10-16(12-14)21-3/h5-12H,4H2,1-3H3. The highest BCUT2D eigenvalue weighted by Gasteiger charge is 2.20. The van der Waals surface area contributed by atoms with E-state index in [1.165, 1.54) is 4.90 Å². The topological polar surface area (TPSA) is 48.0 Å². The van der Waals surface area contributed by atoms with Gasteiger partial charge in [0.1, 0.15) is 11.5 Å². The van der Waals surface area contributed by atoms with E-state index < -0.39 is 6.09 Å². The van der Waals surface area contributed by atoms with Crippen molar-refractivity contribution in [2.75, 3.05) is 25.7 Å². The molecule has 0 spiro atoms. The van der Waals surface area contributed by atoms with Gasteiger partial charge in [-0.2, -0.15) is 0 Å². The van der Waals surface area contributed by atoms with Crippen LogP contribution >= 0.6 is 0 Å². The molecule has 0 N–H and O–H groups in total. The second-order valence-corrected chi connectivity index (χ2v) is 4.44. The predicted molar refractivity (Wildman–Crippen MR) is 85.1 cm³/mol. The summed E-state index contributed by atoms with van der Waals surface area (Å²) < 4.78 is 15.6. The minimum Gasteiger partial charge on any atom is -0.497 e. The Balaban J connectivity index is 2.47. The van der Waals surface area contributed by atoms with Crippen LogP contribution in [0.25, 0.3) is 0 Å². The third-order valence-corrected chi connectivity index (χ3v) is 3.07. The average Bonchev–Trinajstić information content (AvgIpc) is 2.56. The molecule has 0 heterocycles. The number of carbonyl (C=O) groups is 1. The Labute approximate surface area is 130 Å². The van der Waals surface area contributed by atoms with Gasteiger partial charge in [0.15, 0.2) is 0 Å². The maximum absolute atomic E-state index is 12.4. The van der Waals surface area contributed by atoms with Gasteiger partial charge >= 0.3 is 6.09 Å². The first-order chi connectivity index (χ1) is 10.7. The SMILES string of the molecule is CCOC(=O)N(c1cccc(OC)c1)c1cccc(OC)c1. The monoisotopic (exact) mass is 301 g/mol. The van der Waals surface area contributed by atoms with Crippen LogP contribution in [0.3, 0.4) is 0 Å². The zero-order valence-corrected chi connectivity index (χ0v) is 12.9. The Hall–Kier alpha value is -2.69. The van der Waals surface area contributed by atoms with Crippen LogP contribution in [0.4, 0.5) is 16.2 Å². The number of carbonyl (C=O) groups excluding carboxylic acids is 1. The lowest BCUT2D eigenvalue weighted by Gasteiger charge is -2.23. The summed E-state index contributed by atoms with van der Waals surface area (Å²) in [5, 5.41) is 0. The fourth-order valence-electron chi connectivity index (χ4n) is 2.05. The quantitative estimate of drug-likeness (QED) is 0.837. The Bertz CT molecular complexity index is 595. The fourth-order valence-corrected chi connectivity index (χ4v) is 2.05. The maximum atomic E-state index is 12.4. The first-order valence-electron chi connectivity index (χ1n) is 6.94. The third-order valence-electron chi connectivity index (χ3n) is 3.07. The minimum atomic E-state index is -0.455. The second kappa shape index (κ2) is 7.36. The Morgan fingerprint density at radius 2 is 1.45 bits per heavy atom. The Kier molecular flexibility index (Phi) is 5.25. The van der Waals surface area contributed by atoms with Gasteiger partial charge in [0.25, 0.3) is 0 Å². The molecule has 0 fully saturated rings. The minimum absolute atomic E-state index is 0.295. The van der Waals surface area contributed by atoms with E-state index in [4.69, 9.17) is 14.2 Å². The van der Waals surface area contributed by atoms with Crippen molar-refractivity contribution >= 4 is 17.5 Å². The van der Waals surface area contributed by atoms with Gasteiger partial charge in [-0.25, -0.2) is 9.69 Å². The summed E-state index contributed by atoms with van der Waals surface area (Å²) in [6.45, 7) is 2.07. The molecule has 0 aromatic heterocycles.